The van der Waals surface area contributed by atoms with Gasteiger partial charge >= 0.3 is 0 Å². The van der Waals surface area contributed by atoms with Crippen molar-refractivity contribution in [1.82, 2.24) is 10.2 Å². The molecule has 0 aliphatic carbocycles. The van der Waals surface area contributed by atoms with Crippen molar-refractivity contribution in [2.24, 2.45) is 0 Å². The number of rotatable bonds is 8. The molecule has 0 heterocycles. The molecular formula is C22H28N2O3. The van der Waals surface area contributed by atoms with Gasteiger partial charge in [0.2, 0.25) is 5.91 Å². The van der Waals surface area contributed by atoms with Crippen LogP contribution in [0, 0.1) is 13.8 Å². The lowest BCUT2D eigenvalue weighted by Crippen LogP contribution is -2.49. The number of nitrogens with zero attached hydrogens (tertiary/aromatic N) is 1. The number of carbonyl (C=O) groups is 2. The zero-order valence-corrected chi connectivity index (χ0v) is 16.5. The average molecular weight is 368 g/mol. The number of ether oxygens (including phenoxy) is 1. The van der Waals surface area contributed by atoms with Gasteiger partial charge in [-0.15, -0.1) is 0 Å². The van der Waals surface area contributed by atoms with E-state index in [1.54, 1.807) is 11.9 Å². The molecule has 1 atom stereocenters. The first-order valence-electron chi connectivity index (χ1n) is 9.21. The number of carbonyl (C=O) groups excluding carboxylic acids is 2. The lowest BCUT2D eigenvalue weighted by molar-refractivity contribution is -0.142. The Morgan fingerprint density at radius 2 is 1.81 bits per heavy atom. The van der Waals surface area contributed by atoms with Crippen LogP contribution in [-0.2, 0) is 16.1 Å². The van der Waals surface area contributed by atoms with Crippen molar-refractivity contribution in [2.45, 2.75) is 39.8 Å². The minimum absolute atomic E-state index is 0.107. The molecule has 0 aromatic heterocycles. The molecule has 0 fully saturated rings. The first-order valence-corrected chi connectivity index (χ1v) is 9.21. The first kappa shape index (κ1) is 20.5. The molecule has 27 heavy (non-hydrogen) atoms. The summed E-state index contributed by atoms with van der Waals surface area (Å²) in [4.78, 5) is 26.8. The number of hydrogen-bond donors (Lipinski definition) is 1. The molecule has 0 bridgehead atoms. The van der Waals surface area contributed by atoms with E-state index in [-0.39, 0.29) is 18.4 Å². The van der Waals surface area contributed by atoms with Gasteiger partial charge in [0.25, 0.3) is 5.91 Å². The van der Waals surface area contributed by atoms with Crippen molar-refractivity contribution in [3.8, 4) is 5.75 Å². The van der Waals surface area contributed by atoms with Crippen molar-refractivity contribution in [3.05, 3.63) is 65.2 Å². The Bertz CT molecular complexity index is 774. The van der Waals surface area contributed by atoms with Gasteiger partial charge in [-0.05, 0) is 37.5 Å². The molecule has 0 aliphatic rings. The maximum atomic E-state index is 12.9. The third kappa shape index (κ3) is 5.58. The average Bonchev–Trinajstić information content (AvgIpc) is 2.67. The molecule has 0 unspecified atom stereocenters. The van der Waals surface area contributed by atoms with Crippen molar-refractivity contribution in [2.75, 3.05) is 13.7 Å². The summed E-state index contributed by atoms with van der Waals surface area (Å²) in [7, 11) is 1.59. The van der Waals surface area contributed by atoms with Crippen LogP contribution in [0.4, 0.5) is 0 Å². The topological polar surface area (TPSA) is 58.6 Å². The van der Waals surface area contributed by atoms with E-state index in [1.165, 1.54) is 0 Å². The smallest absolute Gasteiger partial charge is 0.261 e. The van der Waals surface area contributed by atoms with E-state index in [9.17, 15) is 9.59 Å². The van der Waals surface area contributed by atoms with Gasteiger partial charge in [-0.2, -0.15) is 0 Å². The van der Waals surface area contributed by atoms with Gasteiger partial charge < -0.3 is 15.0 Å². The summed E-state index contributed by atoms with van der Waals surface area (Å²) in [6, 6.07) is 15.0. The fourth-order valence-electron chi connectivity index (χ4n) is 3.05. The second-order valence-electron chi connectivity index (χ2n) is 6.60. The summed E-state index contributed by atoms with van der Waals surface area (Å²) < 4.78 is 5.76. The van der Waals surface area contributed by atoms with Crippen molar-refractivity contribution in [3.63, 3.8) is 0 Å². The lowest BCUT2D eigenvalue weighted by Gasteiger charge is -2.30. The SMILES string of the molecule is CC[C@@H](C(=O)NC)N(Cc1ccccc1)C(=O)COc1ccc(C)cc1C. The summed E-state index contributed by atoms with van der Waals surface area (Å²) in [5.41, 5.74) is 3.10. The zero-order valence-electron chi connectivity index (χ0n) is 16.5. The zero-order chi connectivity index (χ0) is 19.8. The minimum Gasteiger partial charge on any atom is -0.483 e. The van der Waals surface area contributed by atoms with Crippen LogP contribution in [0.1, 0.15) is 30.0 Å². The van der Waals surface area contributed by atoms with Crippen LogP contribution in [0.3, 0.4) is 0 Å². The highest BCUT2D eigenvalue weighted by Crippen LogP contribution is 2.19. The van der Waals surface area contributed by atoms with Gasteiger partial charge in [0, 0.05) is 13.6 Å². The van der Waals surface area contributed by atoms with E-state index in [4.69, 9.17) is 4.74 Å². The normalized spacial score (nSPS) is 11.6. The van der Waals surface area contributed by atoms with Crippen LogP contribution in [0.15, 0.2) is 48.5 Å². The molecule has 1 N–H and O–H groups in total. The minimum atomic E-state index is -0.537. The third-order valence-electron chi connectivity index (χ3n) is 4.51. The number of hydrogen-bond acceptors (Lipinski definition) is 3. The van der Waals surface area contributed by atoms with E-state index in [1.807, 2.05) is 69.3 Å². The van der Waals surface area contributed by atoms with E-state index < -0.39 is 6.04 Å². The molecule has 2 amide bonds. The number of aryl methyl sites for hydroxylation is 2. The van der Waals surface area contributed by atoms with Crippen molar-refractivity contribution >= 4 is 11.8 Å². The van der Waals surface area contributed by atoms with E-state index in [0.717, 1.165) is 16.7 Å². The molecule has 0 saturated heterocycles. The number of likely N-dealkylation sites (N-methyl/N-ethyl adjacent to an activating group) is 1. The Morgan fingerprint density at radius 1 is 1.11 bits per heavy atom. The molecule has 2 aromatic rings. The summed E-state index contributed by atoms with van der Waals surface area (Å²) >= 11 is 0. The summed E-state index contributed by atoms with van der Waals surface area (Å²) in [5, 5.41) is 2.65. The Kier molecular flexibility index (Phi) is 7.41. The Hall–Kier alpha value is -2.82. The fraction of sp³-hybridized carbons (Fsp3) is 0.364. The summed E-state index contributed by atoms with van der Waals surface area (Å²) in [6.45, 7) is 6.12. The predicted molar refractivity (Wildman–Crippen MR) is 107 cm³/mol. The summed E-state index contributed by atoms with van der Waals surface area (Å²) in [6.07, 6.45) is 0.530. The quantitative estimate of drug-likeness (QED) is 0.778. The van der Waals surface area contributed by atoms with Gasteiger partial charge in [0.15, 0.2) is 6.61 Å². The molecular weight excluding hydrogens is 340 g/mol. The van der Waals surface area contributed by atoms with Crippen LogP contribution in [0.5, 0.6) is 5.75 Å². The van der Waals surface area contributed by atoms with Crippen LogP contribution in [-0.4, -0.2) is 36.4 Å². The van der Waals surface area contributed by atoms with E-state index in [2.05, 4.69) is 5.32 Å². The van der Waals surface area contributed by atoms with Crippen molar-refractivity contribution in [1.29, 1.82) is 0 Å². The number of amides is 2. The van der Waals surface area contributed by atoms with Gasteiger partial charge in [-0.3, -0.25) is 9.59 Å². The molecule has 2 aromatic carbocycles. The highest BCUT2D eigenvalue weighted by Gasteiger charge is 2.28. The highest BCUT2D eigenvalue weighted by atomic mass is 16.5. The van der Waals surface area contributed by atoms with Gasteiger partial charge in [0.1, 0.15) is 11.8 Å². The van der Waals surface area contributed by atoms with Crippen LogP contribution in [0.2, 0.25) is 0 Å². The van der Waals surface area contributed by atoms with Gasteiger partial charge in [0.05, 0.1) is 0 Å². The Labute approximate surface area is 161 Å². The van der Waals surface area contributed by atoms with Gasteiger partial charge in [-0.25, -0.2) is 0 Å². The Balaban J connectivity index is 2.17. The van der Waals surface area contributed by atoms with Crippen molar-refractivity contribution < 1.29 is 14.3 Å². The fourth-order valence-corrected chi connectivity index (χ4v) is 3.05. The third-order valence-corrected chi connectivity index (χ3v) is 4.51. The second-order valence-corrected chi connectivity index (χ2v) is 6.60. The molecule has 0 aliphatic heterocycles. The molecule has 0 radical (unpaired) electrons. The second kappa shape index (κ2) is 9.76. The molecule has 5 nitrogen and oxygen atoms in total. The Morgan fingerprint density at radius 3 is 2.41 bits per heavy atom. The largest absolute Gasteiger partial charge is 0.483 e. The first-order chi connectivity index (χ1) is 13.0. The van der Waals surface area contributed by atoms with E-state index in [0.29, 0.717) is 18.7 Å². The van der Waals surface area contributed by atoms with Crippen LogP contribution >= 0.6 is 0 Å². The molecule has 5 heteroatoms. The van der Waals surface area contributed by atoms with Crippen LogP contribution in [0.25, 0.3) is 0 Å². The number of nitrogens with one attached hydrogen (secondary N) is 1. The predicted octanol–water partition coefficient (Wildman–Crippen LogP) is 3.24. The molecule has 144 valence electrons. The monoisotopic (exact) mass is 368 g/mol. The maximum absolute atomic E-state index is 12.9. The molecule has 0 saturated carbocycles. The number of benzene rings is 2. The molecule has 2 rings (SSSR count). The molecule has 0 spiro atoms. The maximum Gasteiger partial charge on any atom is 0.261 e. The summed E-state index contributed by atoms with van der Waals surface area (Å²) in [5.74, 6) is 0.296. The standard InChI is InChI=1S/C22H28N2O3/c1-5-19(22(26)23-4)24(14-18-9-7-6-8-10-18)21(25)15-27-20-12-11-16(2)13-17(20)3/h6-13,19H,5,14-15H2,1-4H3,(H,23,26)/t19-/m0/s1. The lowest BCUT2D eigenvalue weighted by atomic mass is 10.1. The highest BCUT2D eigenvalue weighted by molar-refractivity contribution is 5.88. The van der Waals surface area contributed by atoms with Crippen LogP contribution < -0.4 is 10.1 Å². The van der Waals surface area contributed by atoms with Gasteiger partial charge in [-0.1, -0.05) is 55.0 Å². The van der Waals surface area contributed by atoms with E-state index >= 15 is 0 Å².